The number of nitrogens with zero attached hydrogens (tertiary/aromatic N) is 1. The lowest BCUT2D eigenvalue weighted by molar-refractivity contribution is -0.140. The Labute approximate surface area is 131 Å². The molecule has 1 heterocycles. The summed E-state index contributed by atoms with van der Waals surface area (Å²) in [5.74, 6) is -2.21. The average Bonchev–Trinajstić information content (AvgIpc) is 2.53. The lowest BCUT2D eigenvalue weighted by Crippen LogP contribution is -2.32. The summed E-state index contributed by atoms with van der Waals surface area (Å²) in [4.78, 5) is 34.9. The Morgan fingerprint density at radius 3 is 2.35 bits per heavy atom. The van der Waals surface area contributed by atoms with Crippen molar-refractivity contribution in [3.63, 3.8) is 0 Å². The van der Waals surface area contributed by atoms with E-state index in [0.29, 0.717) is 11.3 Å². The molecule has 0 aliphatic rings. The number of carboxylic acids is 2. The molecule has 2 rings (SSSR count). The first-order chi connectivity index (χ1) is 10.9. The first-order valence-corrected chi connectivity index (χ1v) is 6.73. The summed E-state index contributed by atoms with van der Waals surface area (Å²) in [6.07, 6.45) is 0. The van der Waals surface area contributed by atoms with Gasteiger partial charge in [-0.15, -0.1) is 0 Å². The second-order valence-electron chi connectivity index (χ2n) is 4.83. The van der Waals surface area contributed by atoms with Gasteiger partial charge in [0.1, 0.15) is 17.4 Å². The monoisotopic (exact) mass is 317 g/mol. The van der Waals surface area contributed by atoms with Crippen LogP contribution in [0.3, 0.4) is 0 Å². The lowest BCUT2D eigenvalue weighted by Gasteiger charge is -2.19. The second-order valence-corrected chi connectivity index (χ2v) is 4.83. The molecule has 2 aromatic rings. The number of rotatable bonds is 5. The van der Waals surface area contributed by atoms with Gasteiger partial charge >= 0.3 is 11.9 Å². The predicted molar refractivity (Wildman–Crippen MR) is 82.0 cm³/mol. The SMILES string of the molecule is COc1ccccc1-c1ccc(C(=O)O)c(=O)n1C(C)C(=O)O. The number of pyridine rings is 1. The number of carboxylic acid groups (broad SMARTS) is 2. The van der Waals surface area contributed by atoms with E-state index in [0.717, 1.165) is 10.6 Å². The maximum atomic E-state index is 12.4. The van der Waals surface area contributed by atoms with Crippen LogP contribution < -0.4 is 10.3 Å². The van der Waals surface area contributed by atoms with E-state index >= 15 is 0 Å². The molecule has 23 heavy (non-hydrogen) atoms. The molecule has 0 bridgehead atoms. The van der Waals surface area contributed by atoms with Gasteiger partial charge in [0.2, 0.25) is 0 Å². The van der Waals surface area contributed by atoms with E-state index in [4.69, 9.17) is 9.84 Å². The largest absolute Gasteiger partial charge is 0.496 e. The minimum absolute atomic E-state index is 0.271. The third kappa shape index (κ3) is 2.94. The smallest absolute Gasteiger partial charge is 0.341 e. The quantitative estimate of drug-likeness (QED) is 0.872. The van der Waals surface area contributed by atoms with E-state index in [1.807, 2.05) is 0 Å². The number of hydrogen-bond donors (Lipinski definition) is 2. The van der Waals surface area contributed by atoms with Crippen molar-refractivity contribution in [2.45, 2.75) is 13.0 Å². The minimum atomic E-state index is -1.41. The molecule has 0 fully saturated rings. The highest BCUT2D eigenvalue weighted by molar-refractivity contribution is 5.88. The summed E-state index contributed by atoms with van der Waals surface area (Å²) in [5.41, 5.74) is -0.600. The number of aliphatic carboxylic acids is 1. The fourth-order valence-corrected chi connectivity index (χ4v) is 2.29. The predicted octanol–water partition coefficient (Wildman–Crippen LogP) is 1.87. The van der Waals surface area contributed by atoms with Crippen molar-refractivity contribution in [2.24, 2.45) is 0 Å². The summed E-state index contributed by atoms with van der Waals surface area (Å²) < 4.78 is 6.18. The third-order valence-electron chi connectivity index (χ3n) is 3.47. The number of methoxy groups -OCH3 is 1. The van der Waals surface area contributed by atoms with Gasteiger partial charge in [-0.05, 0) is 31.2 Å². The van der Waals surface area contributed by atoms with Crippen molar-refractivity contribution in [3.05, 3.63) is 52.3 Å². The Hall–Kier alpha value is -3.09. The van der Waals surface area contributed by atoms with Crippen molar-refractivity contribution < 1.29 is 24.5 Å². The number of aromatic carboxylic acids is 1. The Balaban J connectivity index is 2.83. The molecule has 0 aliphatic heterocycles. The maximum Gasteiger partial charge on any atom is 0.341 e. The van der Waals surface area contributed by atoms with Crippen molar-refractivity contribution in [2.75, 3.05) is 7.11 Å². The number of ether oxygens (including phenoxy) is 1. The van der Waals surface area contributed by atoms with E-state index in [1.54, 1.807) is 24.3 Å². The summed E-state index contributed by atoms with van der Waals surface area (Å²) >= 11 is 0. The van der Waals surface area contributed by atoms with Crippen LogP contribution in [-0.4, -0.2) is 33.8 Å². The minimum Gasteiger partial charge on any atom is -0.496 e. The average molecular weight is 317 g/mol. The van der Waals surface area contributed by atoms with Crippen LogP contribution >= 0.6 is 0 Å². The summed E-state index contributed by atoms with van der Waals surface area (Å²) in [6.45, 7) is 1.31. The highest BCUT2D eigenvalue weighted by Gasteiger charge is 2.23. The first kappa shape index (κ1) is 16.3. The summed E-state index contributed by atoms with van der Waals surface area (Å²) in [7, 11) is 1.45. The van der Waals surface area contributed by atoms with Crippen molar-refractivity contribution >= 4 is 11.9 Å². The summed E-state index contributed by atoms with van der Waals surface area (Å²) in [6, 6.07) is 8.11. The highest BCUT2D eigenvalue weighted by Crippen LogP contribution is 2.30. The highest BCUT2D eigenvalue weighted by atomic mass is 16.5. The Morgan fingerprint density at radius 1 is 1.13 bits per heavy atom. The van der Waals surface area contributed by atoms with Gasteiger partial charge in [0.25, 0.3) is 5.56 Å². The molecule has 1 aromatic heterocycles. The van der Waals surface area contributed by atoms with Crippen LogP contribution in [0.4, 0.5) is 0 Å². The Morgan fingerprint density at radius 2 is 1.78 bits per heavy atom. The first-order valence-electron chi connectivity index (χ1n) is 6.73. The second kappa shape index (κ2) is 6.35. The lowest BCUT2D eigenvalue weighted by atomic mass is 10.1. The van der Waals surface area contributed by atoms with Crippen LogP contribution in [-0.2, 0) is 4.79 Å². The van der Waals surface area contributed by atoms with Gasteiger partial charge in [-0.2, -0.15) is 0 Å². The van der Waals surface area contributed by atoms with Crippen molar-refractivity contribution in [1.82, 2.24) is 4.57 Å². The van der Waals surface area contributed by atoms with Gasteiger partial charge in [-0.25, -0.2) is 9.59 Å². The maximum absolute atomic E-state index is 12.4. The van der Waals surface area contributed by atoms with E-state index in [1.165, 1.54) is 20.1 Å². The number of carbonyl (C=O) groups is 2. The third-order valence-corrected chi connectivity index (χ3v) is 3.47. The van der Waals surface area contributed by atoms with Crippen LogP contribution in [0.15, 0.2) is 41.2 Å². The molecule has 1 atom stereocenters. The molecule has 7 nitrogen and oxygen atoms in total. The molecule has 7 heteroatoms. The topological polar surface area (TPSA) is 106 Å². The molecule has 2 N–H and O–H groups in total. The van der Waals surface area contributed by atoms with E-state index in [9.17, 15) is 19.5 Å². The Kier molecular flexibility index (Phi) is 4.49. The molecule has 0 spiro atoms. The fourth-order valence-electron chi connectivity index (χ4n) is 2.29. The van der Waals surface area contributed by atoms with Crippen LogP contribution in [0.2, 0.25) is 0 Å². The summed E-state index contributed by atoms with van der Waals surface area (Å²) in [5, 5.41) is 18.3. The Bertz CT molecular complexity index is 824. The fraction of sp³-hybridized carbons (Fsp3) is 0.188. The van der Waals surface area contributed by atoms with Crippen LogP contribution in [0, 0.1) is 0 Å². The number of aromatic nitrogens is 1. The van der Waals surface area contributed by atoms with Crippen LogP contribution in [0.5, 0.6) is 5.75 Å². The molecule has 0 aliphatic carbocycles. The zero-order chi connectivity index (χ0) is 17.1. The number of benzene rings is 1. The molecule has 1 unspecified atom stereocenters. The van der Waals surface area contributed by atoms with Gasteiger partial charge in [0.05, 0.1) is 12.8 Å². The van der Waals surface area contributed by atoms with Gasteiger partial charge in [-0.3, -0.25) is 9.36 Å². The molecular formula is C16H15NO6. The molecule has 0 saturated carbocycles. The van der Waals surface area contributed by atoms with Gasteiger partial charge in [0, 0.05) is 5.56 Å². The van der Waals surface area contributed by atoms with Crippen LogP contribution in [0.25, 0.3) is 11.3 Å². The van der Waals surface area contributed by atoms with Crippen LogP contribution in [0.1, 0.15) is 23.3 Å². The zero-order valence-corrected chi connectivity index (χ0v) is 12.5. The van der Waals surface area contributed by atoms with E-state index in [2.05, 4.69) is 0 Å². The molecule has 0 saturated heterocycles. The van der Waals surface area contributed by atoms with Gasteiger partial charge in [0.15, 0.2) is 0 Å². The molecular weight excluding hydrogens is 302 g/mol. The molecule has 0 radical (unpaired) electrons. The molecule has 1 aromatic carbocycles. The number of hydrogen-bond acceptors (Lipinski definition) is 4. The standard InChI is InChI=1S/C16H15NO6/c1-9(15(19)20)17-12(8-7-11(14(17)18)16(21)22)10-5-3-4-6-13(10)23-2/h3-9H,1-2H3,(H,19,20)(H,21,22). The van der Waals surface area contributed by atoms with E-state index in [-0.39, 0.29) is 5.69 Å². The normalized spacial score (nSPS) is 11.7. The molecule has 0 amide bonds. The number of para-hydroxylation sites is 1. The van der Waals surface area contributed by atoms with Crippen molar-refractivity contribution in [3.8, 4) is 17.0 Å². The van der Waals surface area contributed by atoms with Gasteiger partial charge in [-0.1, -0.05) is 12.1 Å². The zero-order valence-electron chi connectivity index (χ0n) is 12.5. The van der Waals surface area contributed by atoms with Gasteiger partial charge < -0.3 is 14.9 Å². The molecule has 120 valence electrons. The van der Waals surface area contributed by atoms with Crippen molar-refractivity contribution in [1.29, 1.82) is 0 Å². The van der Waals surface area contributed by atoms with E-state index < -0.39 is 29.1 Å².